The highest BCUT2D eigenvalue weighted by atomic mass is 32.1. The quantitative estimate of drug-likeness (QED) is 0.0274. The highest BCUT2D eigenvalue weighted by Crippen LogP contribution is 2.25. The van der Waals surface area contributed by atoms with Gasteiger partial charge in [-0.15, -0.1) is 0 Å². The van der Waals surface area contributed by atoms with Crippen molar-refractivity contribution in [3.63, 3.8) is 0 Å². The summed E-state index contributed by atoms with van der Waals surface area (Å²) in [6, 6.07) is -13.8. The molecule has 2 saturated heterocycles. The van der Waals surface area contributed by atoms with Crippen LogP contribution in [0.25, 0.3) is 0 Å². The van der Waals surface area contributed by atoms with Crippen molar-refractivity contribution in [3.05, 3.63) is 65.7 Å². The summed E-state index contributed by atoms with van der Waals surface area (Å²) in [6.45, 7) is 17.0. The van der Waals surface area contributed by atoms with Crippen LogP contribution in [0.15, 0.2) is 54.6 Å². The molecule has 28 N–H and O–H groups in total. The van der Waals surface area contributed by atoms with E-state index in [4.69, 9.17) is 11.5 Å². The first-order valence-corrected chi connectivity index (χ1v) is 51.1. The molecule has 20 amide bonds. The number of aliphatic carboxylic acids is 2. The molecule has 832 valence electrons. The van der Waals surface area contributed by atoms with Crippen LogP contribution < -0.4 is 102 Å². The van der Waals surface area contributed by atoms with Crippen LogP contribution >= 0.6 is 25.3 Å². The van der Waals surface area contributed by atoms with Crippen molar-refractivity contribution < 1.29 is 141 Å². The number of rotatable bonds is 65. The van der Waals surface area contributed by atoms with Crippen LogP contribution in [0.1, 0.15) is 191 Å². The number of amides is 20. The van der Waals surface area contributed by atoms with Crippen molar-refractivity contribution in [2.45, 2.75) is 308 Å². The number of carboxylic acid groups (broad SMARTS) is 2. The third kappa shape index (κ3) is 44.4. The smallest absolute Gasteiger partial charge is 0.326 e. The van der Waals surface area contributed by atoms with E-state index in [1.807, 2.05) is 0 Å². The van der Waals surface area contributed by atoms with Crippen LogP contribution in [-0.2, 0) is 118 Å². The lowest BCUT2D eigenvalue weighted by Crippen LogP contribution is -2.62. The Morgan fingerprint density at radius 3 is 1.04 bits per heavy atom. The molecule has 52 heteroatoms. The second-order valence-electron chi connectivity index (χ2n) is 39.6. The third-order valence-corrected chi connectivity index (χ3v) is 24.7. The number of aliphatic hydroxyl groups is 4. The second kappa shape index (κ2) is 64.5. The van der Waals surface area contributed by atoms with Crippen LogP contribution in [-0.4, -0.2) is 348 Å². The van der Waals surface area contributed by atoms with Gasteiger partial charge in [-0.2, -0.15) is 25.3 Å². The summed E-state index contributed by atoms with van der Waals surface area (Å²) < 4.78 is 0. The summed E-state index contributed by atoms with van der Waals surface area (Å²) in [4.78, 5) is 306. The summed E-state index contributed by atoms with van der Waals surface area (Å²) in [6.07, 6.45) is -3.76. The maximum Gasteiger partial charge on any atom is 0.326 e. The summed E-state index contributed by atoms with van der Waals surface area (Å²) in [7, 11) is 0. The van der Waals surface area contributed by atoms with E-state index in [0.717, 1.165) is 4.90 Å². The molecular weight excluding hydrogens is 1990 g/mol. The Kier molecular flexibility index (Phi) is 55.5. The van der Waals surface area contributed by atoms with Gasteiger partial charge in [0, 0.05) is 50.3 Å². The number of phenols is 1. The number of phenolic OH excluding ortho intramolecular Hbond substituents is 1. The van der Waals surface area contributed by atoms with Crippen LogP contribution in [0.3, 0.4) is 0 Å². The minimum Gasteiger partial charge on any atom is -0.508 e. The van der Waals surface area contributed by atoms with Gasteiger partial charge in [0.15, 0.2) is 0 Å². The first kappa shape index (κ1) is 128. The standard InChI is InChI=1S/C97H153N21O29S2/c1-48(2)33-60(104-88(137)66(39-55-19-15-14-16-20-55)108-84(133)65(38-53(11)12)109-94(143)74-22-18-32-118(74)96(145)67(40-56-23-25-57(123)26-24-56)110-95(144)79(54(13)122)116-76(125)41-98)82(131)101-58(28-30-78(127)128)81(130)114-71(46-148)91(140)107-64(37-52(9)10)87(136)112-69(44-120)89(138)105-63(36-51(7)8)86(135)113-70(45-121)90(139)115-72(47-149)92(141)106-61(34-49(3)4)83(132)103-62(35-50(5)6)85(134)111-68(43-119)80(129)100-42-77(126)117-31-17-21-73(117)93(142)102-59(97(146)147)27-29-75(99)124/h14-16,19-20,23-26,48-54,58-74,79,119-123,148-149H,17-18,21-22,27-47,98H2,1-13H3,(H2,99,124)(H,100,129)(H,101,131)(H,102,142)(H,103,132)(H,104,137)(H,105,138)(H,106,141)(H,107,140)(H,108,133)(H,109,143)(H,110,144)(H,111,134)(H,112,136)(H,113,135)(H,114,130)(H,115,139)(H,116,125)(H,127,128)(H,146,147)/t54-,58+,59+,60+,61+,62+,63+,64+,65+,66+,67+,68+,69+,70+,71+,72+,73+,74+,79+/m1/s1. The lowest BCUT2D eigenvalue weighted by Gasteiger charge is -2.31. The topological polar surface area (TPSA) is 780 Å². The number of thiol groups is 2. The van der Waals surface area contributed by atoms with Crippen LogP contribution in [0.4, 0.5) is 0 Å². The number of nitrogens with two attached hydrogens (primary N) is 2. The highest BCUT2D eigenvalue weighted by Gasteiger charge is 2.45. The Morgan fingerprint density at radius 1 is 0.362 bits per heavy atom. The number of hydrogen-bond donors (Lipinski definition) is 28. The maximum atomic E-state index is 14.9. The van der Waals surface area contributed by atoms with E-state index in [0.29, 0.717) is 17.5 Å². The van der Waals surface area contributed by atoms with E-state index in [2.05, 4.69) is 116 Å². The largest absolute Gasteiger partial charge is 0.508 e. The molecule has 0 saturated carbocycles. The molecule has 2 heterocycles. The van der Waals surface area contributed by atoms with Gasteiger partial charge < -0.3 is 147 Å². The number of benzene rings is 2. The number of carbonyl (C=O) groups is 22. The van der Waals surface area contributed by atoms with Crippen LogP contribution in [0.2, 0.25) is 0 Å². The zero-order valence-electron chi connectivity index (χ0n) is 86.4. The molecule has 2 aromatic carbocycles. The number of nitrogens with zero attached hydrogens (tertiary/aromatic N) is 2. The van der Waals surface area contributed by atoms with Gasteiger partial charge >= 0.3 is 11.9 Å². The van der Waals surface area contributed by atoms with Gasteiger partial charge in [0.25, 0.3) is 0 Å². The normalized spacial score (nSPS) is 16.8. The lowest BCUT2D eigenvalue weighted by molar-refractivity contribution is -0.144. The molecule has 4 rings (SSSR count). The van der Waals surface area contributed by atoms with Crippen LogP contribution in [0, 0.1) is 35.5 Å². The van der Waals surface area contributed by atoms with E-state index in [1.165, 1.54) is 36.1 Å². The maximum absolute atomic E-state index is 14.9. The van der Waals surface area contributed by atoms with Gasteiger partial charge in [0.05, 0.1) is 39.0 Å². The summed E-state index contributed by atoms with van der Waals surface area (Å²) >= 11 is 8.54. The molecule has 0 aromatic heterocycles. The lowest BCUT2D eigenvalue weighted by atomic mass is 9.99. The average molecular weight is 2140 g/mol. The minimum absolute atomic E-state index is 0.00701. The number of aromatic hydroxyl groups is 1. The zero-order chi connectivity index (χ0) is 112. The molecule has 0 bridgehead atoms. The van der Waals surface area contributed by atoms with E-state index in [9.17, 15) is 141 Å². The van der Waals surface area contributed by atoms with Gasteiger partial charge in [-0.25, -0.2) is 4.79 Å². The van der Waals surface area contributed by atoms with E-state index in [-0.39, 0.29) is 120 Å². The molecule has 2 fully saturated rings. The molecule has 50 nitrogen and oxygen atoms in total. The number of likely N-dealkylation sites (tertiary alicyclic amines) is 2. The first-order chi connectivity index (χ1) is 70.1. The fourth-order valence-corrected chi connectivity index (χ4v) is 16.8. The molecule has 0 spiro atoms. The summed E-state index contributed by atoms with van der Waals surface area (Å²) in [5, 5.41) is 114. The Hall–Kier alpha value is -12.9. The fraction of sp³-hybridized carbons (Fsp3) is 0.649. The summed E-state index contributed by atoms with van der Waals surface area (Å²) in [5.41, 5.74) is 11.6. The minimum atomic E-state index is -1.88. The molecule has 2 aliphatic heterocycles. The van der Waals surface area contributed by atoms with Gasteiger partial charge in [-0.1, -0.05) is 126 Å². The molecule has 149 heavy (non-hydrogen) atoms. The molecule has 19 atom stereocenters. The van der Waals surface area contributed by atoms with Gasteiger partial charge in [0.1, 0.15) is 115 Å². The van der Waals surface area contributed by atoms with Crippen molar-refractivity contribution in [2.24, 2.45) is 47.0 Å². The van der Waals surface area contributed by atoms with Gasteiger partial charge in [-0.3, -0.25) is 101 Å². The predicted molar refractivity (Wildman–Crippen MR) is 545 cm³/mol. The first-order valence-electron chi connectivity index (χ1n) is 49.8. The third-order valence-electron chi connectivity index (χ3n) is 24.0. The van der Waals surface area contributed by atoms with Gasteiger partial charge in [-0.05, 0) is 143 Å². The van der Waals surface area contributed by atoms with Crippen molar-refractivity contribution in [3.8, 4) is 5.75 Å². The molecular formula is C97H153N21O29S2. The summed E-state index contributed by atoms with van der Waals surface area (Å²) in [5.74, 6) is -25.5. The Morgan fingerprint density at radius 2 is 0.671 bits per heavy atom. The molecule has 0 radical (unpaired) electrons. The van der Waals surface area contributed by atoms with E-state index in [1.54, 1.807) is 113 Å². The number of carbonyl (C=O) groups excluding carboxylic acids is 20. The fourth-order valence-electron chi connectivity index (χ4n) is 16.3. The monoisotopic (exact) mass is 2140 g/mol. The SMILES string of the molecule is CC(C)C[C@H](NC(=O)[C@H](CC(C)C)NC(=O)[C@H](CS)NC(=O)[C@H](CO)NC(=O)[C@H](CC(C)C)NC(=O)[C@H](CO)NC(=O)[C@H](CC(C)C)NC(=O)[C@H](CS)NC(=O)[C@H](CCC(=O)O)NC(=O)[C@H](CC(C)C)NC(=O)[C@H](Cc1ccccc1)NC(=O)[C@H](CC(C)C)NC(=O)[C@@H]1CCCN1C(=O)[C@H](Cc1ccc(O)cc1)NC(=O)[C@@H](NC(=O)CN)[C@@H](C)O)C(=O)N[C@@H](CO)C(=O)NCC(=O)N1CCC[C@H]1C(=O)N[C@@H](CCC(N)=O)C(=O)O. The number of hydrogen-bond acceptors (Lipinski definition) is 30. The second-order valence-corrected chi connectivity index (χ2v) is 40.3. The number of carboxylic acids is 2. The van der Waals surface area contributed by atoms with Gasteiger partial charge in [0.2, 0.25) is 118 Å². The Labute approximate surface area is 875 Å². The number of aliphatic hydroxyl groups excluding tert-OH is 4. The molecule has 0 aliphatic carbocycles. The Bertz CT molecular complexity index is 4890. The van der Waals surface area contributed by atoms with Crippen molar-refractivity contribution in [1.82, 2.24) is 100 Å². The molecule has 0 unspecified atom stereocenters. The average Bonchev–Trinajstić information content (AvgIpc) is 1.68. The zero-order valence-corrected chi connectivity index (χ0v) is 88.2. The highest BCUT2D eigenvalue weighted by molar-refractivity contribution is 7.80. The van der Waals surface area contributed by atoms with Crippen molar-refractivity contribution >= 4 is 155 Å². The van der Waals surface area contributed by atoms with Crippen LogP contribution in [0.5, 0.6) is 5.75 Å². The number of primary amides is 1. The van der Waals surface area contributed by atoms with Crippen molar-refractivity contribution in [1.29, 1.82) is 0 Å². The molecule has 2 aliphatic rings. The predicted octanol–water partition coefficient (Wildman–Crippen LogP) is -6.30. The Balaban J connectivity index is 1.49. The molecule has 2 aromatic rings. The van der Waals surface area contributed by atoms with E-state index < -0.39 is 320 Å². The number of nitrogens with one attached hydrogen (secondary N) is 17. The van der Waals surface area contributed by atoms with Crippen molar-refractivity contribution in [2.75, 3.05) is 57.5 Å². The van der Waals surface area contributed by atoms with E-state index >= 15 is 0 Å².